The van der Waals surface area contributed by atoms with Gasteiger partial charge >= 0.3 is 0 Å². The number of aliphatic hydroxyl groups excluding tert-OH is 1. The molecule has 146 valence electrons. The molecule has 7 heteroatoms. The molecule has 6 nitrogen and oxygen atoms in total. The summed E-state index contributed by atoms with van der Waals surface area (Å²) in [7, 11) is -1.98. The Morgan fingerprint density at radius 1 is 1.28 bits per heavy atom. The van der Waals surface area contributed by atoms with Crippen LogP contribution in [-0.4, -0.2) is 66.5 Å². The van der Waals surface area contributed by atoms with Gasteiger partial charge in [0, 0.05) is 0 Å². The number of rotatable bonds is 6. The van der Waals surface area contributed by atoms with Gasteiger partial charge in [0.05, 0.1) is 24.8 Å². The van der Waals surface area contributed by atoms with E-state index in [1.54, 1.807) is 6.08 Å². The third kappa shape index (κ3) is 4.18. The van der Waals surface area contributed by atoms with E-state index in [-0.39, 0.29) is 23.8 Å². The fraction of sp³-hybridized carbons (Fsp3) is 0.889. The van der Waals surface area contributed by atoms with Crippen molar-refractivity contribution in [1.29, 1.82) is 0 Å². The Kier molecular flexibility index (Phi) is 5.91. The van der Waals surface area contributed by atoms with Gasteiger partial charge in [0.25, 0.3) is 0 Å². The molecule has 2 saturated heterocycles. The standard InChI is InChI=1S/C18H35NO5Si/c1-9-10-12-15-16(24-18(5,6)23-15)14(19(12)21)13(20)11-22-25(7,8)17(2,3)4/h9,12-16,20-21H,1,10-11H2,2-8H3/t12-,13+,14+,15-,16+/m1/s1. The maximum Gasteiger partial charge on any atom is 0.192 e. The average Bonchev–Trinajstić information content (AvgIpc) is 2.87. The molecule has 2 rings (SSSR count). The lowest BCUT2D eigenvalue weighted by atomic mass is 10.0. The van der Waals surface area contributed by atoms with Gasteiger partial charge in [-0.1, -0.05) is 26.8 Å². The second kappa shape index (κ2) is 7.03. The van der Waals surface area contributed by atoms with Crippen molar-refractivity contribution in [2.45, 2.75) is 95.4 Å². The molecule has 0 spiro atoms. The van der Waals surface area contributed by atoms with E-state index < -0.39 is 32.4 Å². The molecule has 5 atom stereocenters. The topological polar surface area (TPSA) is 71.4 Å². The summed E-state index contributed by atoms with van der Waals surface area (Å²) in [6, 6.07) is -0.863. The van der Waals surface area contributed by atoms with Crippen molar-refractivity contribution < 1.29 is 24.2 Å². The van der Waals surface area contributed by atoms with Crippen molar-refractivity contribution in [3.63, 3.8) is 0 Å². The monoisotopic (exact) mass is 373 g/mol. The maximum atomic E-state index is 10.8. The van der Waals surface area contributed by atoms with Crippen molar-refractivity contribution in [1.82, 2.24) is 5.06 Å². The van der Waals surface area contributed by atoms with Crippen LogP contribution in [0.2, 0.25) is 18.1 Å². The lowest BCUT2D eigenvalue weighted by Gasteiger charge is -2.38. The zero-order valence-electron chi connectivity index (χ0n) is 16.7. The summed E-state index contributed by atoms with van der Waals surface area (Å²) in [6.07, 6.45) is 0.747. The van der Waals surface area contributed by atoms with Crippen LogP contribution in [0.25, 0.3) is 0 Å². The first-order valence-corrected chi connectivity index (χ1v) is 12.0. The molecule has 0 amide bonds. The molecular formula is C18H35NO5Si. The molecule has 0 saturated carbocycles. The Labute approximate surface area is 152 Å². The molecule has 25 heavy (non-hydrogen) atoms. The highest BCUT2D eigenvalue weighted by Gasteiger charge is 2.59. The average molecular weight is 374 g/mol. The van der Waals surface area contributed by atoms with Crippen LogP contribution in [-0.2, 0) is 13.9 Å². The van der Waals surface area contributed by atoms with Gasteiger partial charge in [-0.05, 0) is 38.4 Å². The number of nitrogens with zero attached hydrogens (tertiary/aromatic N) is 1. The molecule has 2 heterocycles. The molecule has 0 aromatic carbocycles. The summed E-state index contributed by atoms with van der Waals surface area (Å²) in [5.41, 5.74) is 0. The molecule has 0 aromatic heterocycles. The molecule has 0 aromatic rings. The third-order valence-electron chi connectivity index (χ3n) is 5.75. The second-order valence-corrected chi connectivity index (χ2v) is 14.0. The Balaban J connectivity index is 2.12. The molecule has 0 radical (unpaired) electrons. The summed E-state index contributed by atoms with van der Waals surface area (Å²) in [6.45, 7) is 18.4. The molecule has 2 N–H and O–H groups in total. The van der Waals surface area contributed by atoms with E-state index in [4.69, 9.17) is 13.9 Å². The first kappa shape index (κ1) is 21.0. The molecule has 2 fully saturated rings. The van der Waals surface area contributed by atoms with E-state index in [0.717, 1.165) is 0 Å². The Morgan fingerprint density at radius 3 is 2.36 bits per heavy atom. The predicted molar refractivity (Wildman–Crippen MR) is 99.0 cm³/mol. The summed E-state index contributed by atoms with van der Waals surface area (Å²) < 4.78 is 18.1. The molecule has 0 bridgehead atoms. The first-order chi connectivity index (χ1) is 11.3. The highest BCUT2D eigenvalue weighted by atomic mass is 28.4. The number of hydrogen-bond donors (Lipinski definition) is 2. The van der Waals surface area contributed by atoms with E-state index in [1.807, 2.05) is 13.8 Å². The van der Waals surface area contributed by atoms with Crippen LogP contribution in [0.3, 0.4) is 0 Å². The van der Waals surface area contributed by atoms with E-state index in [9.17, 15) is 10.3 Å². The van der Waals surface area contributed by atoms with Crippen molar-refractivity contribution in [2.24, 2.45) is 0 Å². The molecule has 0 unspecified atom stereocenters. The summed E-state index contributed by atoms with van der Waals surface area (Å²) in [5, 5.41) is 22.7. The fourth-order valence-electron chi connectivity index (χ4n) is 3.32. The molecular weight excluding hydrogens is 338 g/mol. The zero-order chi connectivity index (χ0) is 19.2. The highest BCUT2D eigenvalue weighted by Crippen LogP contribution is 2.42. The Bertz CT molecular complexity index is 490. The van der Waals surface area contributed by atoms with Crippen molar-refractivity contribution in [3.8, 4) is 0 Å². The molecule has 2 aliphatic rings. The van der Waals surface area contributed by atoms with Gasteiger partial charge in [0.2, 0.25) is 0 Å². The van der Waals surface area contributed by atoms with Crippen LogP contribution in [0.5, 0.6) is 0 Å². The number of hydrogen-bond acceptors (Lipinski definition) is 6. The van der Waals surface area contributed by atoms with E-state index in [1.165, 1.54) is 5.06 Å². The van der Waals surface area contributed by atoms with Crippen molar-refractivity contribution in [2.75, 3.05) is 6.61 Å². The van der Waals surface area contributed by atoms with Gasteiger partial charge in [-0.2, -0.15) is 5.06 Å². The van der Waals surface area contributed by atoms with Crippen LogP contribution < -0.4 is 0 Å². The minimum atomic E-state index is -1.98. The van der Waals surface area contributed by atoms with Gasteiger partial charge in [-0.25, -0.2) is 0 Å². The lowest BCUT2D eigenvalue weighted by molar-refractivity contribution is -0.229. The van der Waals surface area contributed by atoms with E-state index in [2.05, 4.69) is 40.4 Å². The smallest absolute Gasteiger partial charge is 0.192 e. The van der Waals surface area contributed by atoms with E-state index >= 15 is 0 Å². The van der Waals surface area contributed by atoms with E-state index in [0.29, 0.717) is 6.42 Å². The van der Waals surface area contributed by atoms with Crippen LogP contribution in [0.15, 0.2) is 12.7 Å². The van der Waals surface area contributed by atoms with Gasteiger partial charge in [-0.15, -0.1) is 6.58 Å². The fourth-order valence-corrected chi connectivity index (χ4v) is 4.34. The minimum absolute atomic E-state index is 0.0597. The van der Waals surface area contributed by atoms with Crippen molar-refractivity contribution >= 4 is 8.32 Å². The quantitative estimate of drug-likeness (QED) is 0.551. The van der Waals surface area contributed by atoms with Crippen LogP contribution in [0.4, 0.5) is 0 Å². The van der Waals surface area contributed by atoms with Crippen molar-refractivity contribution in [3.05, 3.63) is 12.7 Å². The summed E-state index contributed by atoms with van der Waals surface area (Å²) in [4.78, 5) is 0. The predicted octanol–water partition coefficient (Wildman–Crippen LogP) is 2.91. The second-order valence-electron chi connectivity index (χ2n) is 9.17. The van der Waals surface area contributed by atoms with Gasteiger partial charge in [0.15, 0.2) is 14.1 Å². The highest BCUT2D eigenvalue weighted by molar-refractivity contribution is 6.74. The maximum absolute atomic E-state index is 10.8. The molecule has 0 aliphatic carbocycles. The first-order valence-electron chi connectivity index (χ1n) is 9.06. The number of fused-ring (bicyclic) bond motifs is 1. The molecule has 2 aliphatic heterocycles. The minimum Gasteiger partial charge on any atom is -0.414 e. The Hall–Kier alpha value is -0.283. The van der Waals surface area contributed by atoms with Gasteiger partial charge in [0.1, 0.15) is 12.2 Å². The number of ether oxygens (including phenoxy) is 2. The zero-order valence-corrected chi connectivity index (χ0v) is 17.7. The summed E-state index contributed by atoms with van der Waals surface area (Å²) in [5.74, 6) is -0.728. The lowest BCUT2D eigenvalue weighted by Crippen LogP contribution is -2.51. The largest absolute Gasteiger partial charge is 0.414 e. The van der Waals surface area contributed by atoms with Gasteiger partial charge in [-0.3, -0.25) is 0 Å². The number of aliphatic hydroxyl groups is 1. The normalized spacial score (nSPS) is 34.1. The third-order valence-corrected chi connectivity index (χ3v) is 10.2. The summed E-state index contributed by atoms with van der Waals surface area (Å²) >= 11 is 0. The number of hydroxylamine groups is 2. The van der Waals surface area contributed by atoms with Gasteiger partial charge < -0.3 is 24.2 Å². The Morgan fingerprint density at radius 2 is 1.84 bits per heavy atom. The van der Waals surface area contributed by atoms with Crippen LogP contribution >= 0.6 is 0 Å². The van der Waals surface area contributed by atoms with Crippen LogP contribution in [0, 0.1) is 0 Å². The van der Waals surface area contributed by atoms with Crippen LogP contribution in [0.1, 0.15) is 41.0 Å². The SMILES string of the molecule is C=CC[C@@H]1[C@H]2OC(C)(C)O[C@H]2[C@H]([C@@H](O)CO[Si](C)(C)C(C)(C)C)N1O.